The van der Waals surface area contributed by atoms with Crippen LogP contribution < -0.4 is 0 Å². The lowest BCUT2D eigenvalue weighted by Crippen LogP contribution is -2.33. The van der Waals surface area contributed by atoms with E-state index in [-0.39, 0.29) is 6.04 Å². The minimum Gasteiger partial charge on any atom is -0.284 e. The molecule has 1 atom stereocenters. The molecular weight excluding hydrogens is 276 g/mol. The monoisotopic (exact) mass is 292 g/mol. The number of halogens is 1. The first kappa shape index (κ1) is 12.6. The summed E-state index contributed by atoms with van der Waals surface area (Å²) < 4.78 is 1.11. The minimum atomic E-state index is -0.0814. The Bertz CT molecular complexity index is 430. The van der Waals surface area contributed by atoms with Gasteiger partial charge in [0.15, 0.2) is 0 Å². The maximum Gasteiger partial charge on any atom is 0.123 e. The van der Waals surface area contributed by atoms with Gasteiger partial charge < -0.3 is 0 Å². The quantitative estimate of drug-likeness (QED) is 0.829. The molecule has 0 bridgehead atoms. The van der Waals surface area contributed by atoms with Crippen molar-refractivity contribution in [1.29, 1.82) is 5.26 Å². The first-order chi connectivity index (χ1) is 8.22. The van der Waals surface area contributed by atoms with E-state index in [4.69, 9.17) is 0 Å². The molecule has 1 heterocycles. The lowest BCUT2D eigenvalue weighted by Gasteiger charge is -2.30. The lowest BCUT2D eigenvalue weighted by atomic mass is 10.0. The molecule has 0 amide bonds. The fraction of sp³-hybridized carbons (Fsp3) is 0.500. The summed E-state index contributed by atoms with van der Waals surface area (Å²) in [5.41, 5.74) is 2.31. The summed E-state index contributed by atoms with van der Waals surface area (Å²) in [5, 5.41) is 9.39. The molecule has 1 aromatic carbocycles. The number of likely N-dealkylation sites (tertiary alicyclic amines) is 1. The molecule has 0 saturated carbocycles. The van der Waals surface area contributed by atoms with Gasteiger partial charge in [-0.15, -0.1) is 0 Å². The molecule has 90 valence electrons. The molecule has 1 fully saturated rings. The van der Waals surface area contributed by atoms with Crippen LogP contribution in [0, 0.1) is 18.3 Å². The zero-order valence-corrected chi connectivity index (χ0v) is 11.7. The average Bonchev–Trinajstić information content (AvgIpc) is 2.36. The van der Waals surface area contributed by atoms with E-state index in [2.05, 4.69) is 46.0 Å². The number of nitrogens with zero attached hydrogens (tertiary/aromatic N) is 2. The van der Waals surface area contributed by atoms with Crippen molar-refractivity contribution in [3.05, 3.63) is 33.8 Å². The Kier molecular flexibility index (Phi) is 4.20. The number of piperidine rings is 1. The van der Waals surface area contributed by atoms with Crippen molar-refractivity contribution in [3.63, 3.8) is 0 Å². The van der Waals surface area contributed by atoms with Gasteiger partial charge in [-0.3, -0.25) is 4.90 Å². The van der Waals surface area contributed by atoms with Crippen LogP contribution in [0.15, 0.2) is 22.7 Å². The van der Waals surface area contributed by atoms with Gasteiger partial charge in [0.1, 0.15) is 6.04 Å². The first-order valence-electron chi connectivity index (χ1n) is 6.12. The van der Waals surface area contributed by atoms with E-state index in [9.17, 15) is 5.26 Å². The van der Waals surface area contributed by atoms with Crippen LogP contribution in [0.25, 0.3) is 0 Å². The summed E-state index contributed by atoms with van der Waals surface area (Å²) in [5.74, 6) is 0. The summed E-state index contributed by atoms with van der Waals surface area (Å²) in [4.78, 5) is 2.30. The minimum absolute atomic E-state index is 0.0814. The summed E-state index contributed by atoms with van der Waals surface area (Å²) >= 11 is 3.50. The van der Waals surface area contributed by atoms with Crippen molar-refractivity contribution in [2.24, 2.45) is 0 Å². The third-order valence-electron chi connectivity index (χ3n) is 3.38. The van der Waals surface area contributed by atoms with Crippen LogP contribution in [-0.2, 0) is 0 Å². The fourth-order valence-electron chi connectivity index (χ4n) is 2.38. The molecule has 1 unspecified atom stereocenters. The predicted molar refractivity (Wildman–Crippen MR) is 72.7 cm³/mol. The van der Waals surface area contributed by atoms with Gasteiger partial charge in [0.05, 0.1) is 6.07 Å². The van der Waals surface area contributed by atoms with Gasteiger partial charge in [0.25, 0.3) is 0 Å². The molecule has 1 aliphatic rings. The third-order valence-corrected chi connectivity index (χ3v) is 4.27. The Hall–Kier alpha value is -0.850. The standard InChI is InChI=1S/C14H17BrN2/c1-11-9-12(5-6-13(11)15)14(10-16)17-7-3-2-4-8-17/h5-6,9,14H,2-4,7-8H2,1H3. The number of benzene rings is 1. The molecule has 3 heteroatoms. The molecule has 0 spiro atoms. The SMILES string of the molecule is Cc1cc(C(C#N)N2CCCCC2)ccc1Br. The molecule has 0 N–H and O–H groups in total. The third kappa shape index (κ3) is 2.88. The maximum atomic E-state index is 9.39. The number of rotatable bonds is 2. The summed E-state index contributed by atoms with van der Waals surface area (Å²) in [7, 11) is 0. The van der Waals surface area contributed by atoms with Crippen LogP contribution in [0.4, 0.5) is 0 Å². The van der Waals surface area contributed by atoms with Crippen LogP contribution in [0.1, 0.15) is 36.4 Å². The smallest absolute Gasteiger partial charge is 0.123 e. The van der Waals surface area contributed by atoms with Crippen LogP contribution in [0.2, 0.25) is 0 Å². The highest BCUT2D eigenvalue weighted by Gasteiger charge is 2.21. The summed E-state index contributed by atoms with van der Waals surface area (Å²) in [6.07, 6.45) is 3.73. The zero-order chi connectivity index (χ0) is 12.3. The van der Waals surface area contributed by atoms with E-state index in [1.165, 1.54) is 24.8 Å². The average molecular weight is 293 g/mol. The highest BCUT2D eigenvalue weighted by molar-refractivity contribution is 9.10. The molecule has 2 rings (SSSR count). The van der Waals surface area contributed by atoms with Gasteiger partial charge in [-0.25, -0.2) is 0 Å². The first-order valence-corrected chi connectivity index (χ1v) is 6.91. The molecule has 1 aliphatic heterocycles. The van der Waals surface area contributed by atoms with Crippen molar-refractivity contribution in [1.82, 2.24) is 4.90 Å². The van der Waals surface area contributed by atoms with Crippen LogP contribution in [0.5, 0.6) is 0 Å². The molecule has 2 nitrogen and oxygen atoms in total. The van der Waals surface area contributed by atoms with E-state index in [0.717, 1.165) is 23.1 Å². The molecule has 0 aliphatic carbocycles. The predicted octanol–water partition coefficient (Wildman–Crippen LogP) is 3.81. The van der Waals surface area contributed by atoms with Crippen molar-refractivity contribution in [2.45, 2.75) is 32.2 Å². The number of hydrogen-bond acceptors (Lipinski definition) is 2. The molecule has 1 saturated heterocycles. The Morgan fingerprint density at radius 3 is 2.59 bits per heavy atom. The number of hydrogen-bond donors (Lipinski definition) is 0. The van der Waals surface area contributed by atoms with Gasteiger partial charge in [-0.05, 0) is 50.0 Å². The molecule has 17 heavy (non-hydrogen) atoms. The highest BCUT2D eigenvalue weighted by Crippen LogP contribution is 2.27. The molecular formula is C14H17BrN2. The summed E-state index contributed by atoms with van der Waals surface area (Å²) in [6, 6.07) is 8.58. The van der Waals surface area contributed by atoms with Gasteiger partial charge in [-0.1, -0.05) is 34.5 Å². The Balaban J connectivity index is 2.22. The van der Waals surface area contributed by atoms with Crippen LogP contribution in [-0.4, -0.2) is 18.0 Å². The van der Waals surface area contributed by atoms with Crippen LogP contribution >= 0.6 is 15.9 Å². The van der Waals surface area contributed by atoms with Crippen molar-refractivity contribution < 1.29 is 0 Å². The topological polar surface area (TPSA) is 27.0 Å². The normalized spacial score (nSPS) is 18.6. The largest absolute Gasteiger partial charge is 0.284 e. The second-order valence-corrected chi connectivity index (χ2v) is 5.49. The van der Waals surface area contributed by atoms with Crippen molar-refractivity contribution >= 4 is 15.9 Å². The Morgan fingerprint density at radius 1 is 1.29 bits per heavy atom. The second-order valence-electron chi connectivity index (χ2n) is 4.64. The zero-order valence-electron chi connectivity index (χ0n) is 10.1. The molecule has 1 aromatic rings. The number of aryl methyl sites for hydroxylation is 1. The van der Waals surface area contributed by atoms with Gasteiger partial charge >= 0.3 is 0 Å². The van der Waals surface area contributed by atoms with E-state index < -0.39 is 0 Å². The highest BCUT2D eigenvalue weighted by atomic mass is 79.9. The van der Waals surface area contributed by atoms with Gasteiger partial charge in [0.2, 0.25) is 0 Å². The van der Waals surface area contributed by atoms with E-state index in [1.54, 1.807) is 0 Å². The maximum absolute atomic E-state index is 9.39. The second kappa shape index (κ2) is 5.66. The lowest BCUT2D eigenvalue weighted by molar-refractivity contribution is 0.196. The number of nitriles is 1. The van der Waals surface area contributed by atoms with E-state index >= 15 is 0 Å². The van der Waals surface area contributed by atoms with E-state index in [1.807, 2.05) is 6.07 Å². The van der Waals surface area contributed by atoms with Crippen molar-refractivity contribution in [2.75, 3.05) is 13.1 Å². The fourth-order valence-corrected chi connectivity index (χ4v) is 2.63. The van der Waals surface area contributed by atoms with Crippen LogP contribution in [0.3, 0.4) is 0 Å². The van der Waals surface area contributed by atoms with Gasteiger partial charge in [-0.2, -0.15) is 5.26 Å². The van der Waals surface area contributed by atoms with Crippen molar-refractivity contribution in [3.8, 4) is 6.07 Å². The summed E-state index contributed by atoms with van der Waals surface area (Å²) in [6.45, 7) is 4.17. The Morgan fingerprint density at radius 2 is 2.00 bits per heavy atom. The molecule has 0 radical (unpaired) electrons. The van der Waals surface area contributed by atoms with E-state index in [0.29, 0.717) is 0 Å². The molecule has 0 aromatic heterocycles. The Labute approximate surface area is 111 Å². The van der Waals surface area contributed by atoms with Gasteiger partial charge in [0, 0.05) is 4.47 Å².